The molecule has 0 saturated heterocycles. The lowest BCUT2D eigenvalue weighted by Crippen LogP contribution is -2.33. The van der Waals surface area contributed by atoms with Crippen molar-refractivity contribution in [3.63, 3.8) is 0 Å². The second-order valence-corrected chi connectivity index (χ2v) is 9.65. The number of carboxylic acid groups (broad SMARTS) is 1. The quantitative estimate of drug-likeness (QED) is 0.153. The molecule has 202 valence electrons. The molecule has 0 aliphatic heterocycles. The fourth-order valence-electron chi connectivity index (χ4n) is 4.30. The maximum Gasteiger partial charge on any atom is 0.305 e. The van der Waals surface area contributed by atoms with Crippen LogP contribution in [0.2, 0.25) is 5.02 Å². The van der Waals surface area contributed by atoms with E-state index in [1.807, 2.05) is 32.0 Å². The van der Waals surface area contributed by atoms with Gasteiger partial charge in [0.2, 0.25) is 0 Å². The standard InChI is InChI=1S/C28H28ClFN6O3/c1-16(2)36-24-10-5-18(28(39)35(12-11-26(37)38)20-8-9-22(30)21(29)14-20)13-23(24)34-25(36)15-33-19-6-3-17(4-7-19)27(31)32/h3-10,13-14,16,33H,11-12,15H2,1-2H3,(H3,31,32)(H,37,38). The van der Waals surface area contributed by atoms with Gasteiger partial charge in [-0.2, -0.15) is 0 Å². The van der Waals surface area contributed by atoms with Crippen molar-refractivity contribution in [2.75, 3.05) is 16.8 Å². The van der Waals surface area contributed by atoms with Crippen LogP contribution < -0.4 is 16.0 Å². The Bertz CT molecular complexity index is 1550. The Labute approximate surface area is 229 Å². The third-order valence-electron chi connectivity index (χ3n) is 6.18. The second kappa shape index (κ2) is 11.5. The first-order chi connectivity index (χ1) is 18.5. The Morgan fingerprint density at radius 1 is 1.13 bits per heavy atom. The van der Waals surface area contributed by atoms with Crippen LogP contribution in [0, 0.1) is 11.2 Å². The van der Waals surface area contributed by atoms with Gasteiger partial charge in [0.25, 0.3) is 5.91 Å². The number of nitrogens with one attached hydrogen (secondary N) is 2. The Balaban J connectivity index is 1.65. The molecule has 0 aliphatic rings. The van der Waals surface area contributed by atoms with Crippen LogP contribution in [-0.2, 0) is 11.3 Å². The zero-order valence-corrected chi connectivity index (χ0v) is 22.2. The van der Waals surface area contributed by atoms with Gasteiger partial charge in [-0.05, 0) is 74.5 Å². The minimum atomic E-state index is -1.07. The van der Waals surface area contributed by atoms with Crippen molar-refractivity contribution < 1.29 is 19.1 Å². The zero-order valence-electron chi connectivity index (χ0n) is 21.4. The van der Waals surface area contributed by atoms with Gasteiger partial charge in [-0.3, -0.25) is 15.0 Å². The van der Waals surface area contributed by atoms with Crippen molar-refractivity contribution in [1.29, 1.82) is 5.41 Å². The lowest BCUT2D eigenvalue weighted by atomic mass is 10.1. The molecule has 5 N–H and O–H groups in total. The summed E-state index contributed by atoms with van der Waals surface area (Å²) in [5.41, 5.74) is 9.04. The minimum absolute atomic E-state index is 0.00227. The number of aromatic nitrogens is 2. The molecule has 39 heavy (non-hydrogen) atoms. The summed E-state index contributed by atoms with van der Waals surface area (Å²) in [4.78, 5) is 30.8. The summed E-state index contributed by atoms with van der Waals surface area (Å²) in [5.74, 6) is -1.40. The van der Waals surface area contributed by atoms with E-state index in [1.165, 1.54) is 17.0 Å². The second-order valence-electron chi connectivity index (χ2n) is 9.24. The van der Waals surface area contributed by atoms with Crippen LogP contribution in [0.25, 0.3) is 11.0 Å². The van der Waals surface area contributed by atoms with E-state index in [2.05, 4.69) is 9.88 Å². The monoisotopic (exact) mass is 550 g/mol. The van der Waals surface area contributed by atoms with E-state index < -0.39 is 17.7 Å². The topological polar surface area (TPSA) is 137 Å². The average Bonchev–Trinajstić information content (AvgIpc) is 3.27. The highest BCUT2D eigenvalue weighted by Gasteiger charge is 2.22. The van der Waals surface area contributed by atoms with E-state index in [0.717, 1.165) is 23.1 Å². The average molecular weight is 551 g/mol. The Morgan fingerprint density at radius 3 is 2.44 bits per heavy atom. The van der Waals surface area contributed by atoms with E-state index in [4.69, 9.17) is 27.7 Å². The van der Waals surface area contributed by atoms with E-state index in [9.17, 15) is 19.1 Å². The lowest BCUT2D eigenvalue weighted by Gasteiger charge is -2.22. The highest BCUT2D eigenvalue weighted by atomic mass is 35.5. The number of amidine groups is 1. The molecule has 1 heterocycles. The number of imidazole rings is 1. The van der Waals surface area contributed by atoms with Gasteiger partial charge in [0.1, 0.15) is 17.5 Å². The number of benzene rings is 3. The van der Waals surface area contributed by atoms with Gasteiger partial charge < -0.3 is 25.6 Å². The van der Waals surface area contributed by atoms with Gasteiger partial charge >= 0.3 is 5.97 Å². The molecular formula is C28H28ClFN6O3. The molecule has 0 fully saturated rings. The van der Waals surface area contributed by atoms with Crippen LogP contribution in [0.1, 0.15) is 48.1 Å². The number of nitrogens with two attached hydrogens (primary N) is 1. The number of aliphatic carboxylic acids is 1. The number of rotatable bonds is 10. The summed E-state index contributed by atoms with van der Waals surface area (Å²) in [6.07, 6.45) is -0.297. The largest absolute Gasteiger partial charge is 0.481 e. The van der Waals surface area contributed by atoms with Gasteiger partial charge in [-0.25, -0.2) is 9.37 Å². The van der Waals surface area contributed by atoms with Crippen molar-refractivity contribution in [3.05, 3.63) is 88.5 Å². The third-order valence-corrected chi connectivity index (χ3v) is 6.47. The molecule has 0 atom stereocenters. The number of anilines is 2. The SMILES string of the molecule is CC(C)n1c(CNc2ccc(C(=N)N)cc2)nc2cc(C(=O)N(CCC(=O)O)c3ccc(F)c(Cl)c3)ccc21. The van der Waals surface area contributed by atoms with Crippen molar-refractivity contribution in [1.82, 2.24) is 9.55 Å². The number of nitrogens with zero attached hydrogens (tertiary/aromatic N) is 3. The number of amides is 1. The highest BCUT2D eigenvalue weighted by Crippen LogP contribution is 2.27. The molecule has 1 amide bonds. The fourth-order valence-corrected chi connectivity index (χ4v) is 4.47. The van der Waals surface area contributed by atoms with Crippen LogP contribution in [0.15, 0.2) is 60.7 Å². The molecule has 3 aromatic carbocycles. The van der Waals surface area contributed by atoms with Crippen molar-refractivity contribution in [3.8, 4) is 0 Å². The van der Waals surface area contributed by atoms with Gasteiger partial charge in [-0.1, -0.05) is 11.6 Å². The molecule has 4 rings (SSSR count). The van der Waals surface area contributed by atoms with Crippen LogP contribution in [0.4, 0.5) is 15.8 Å². The maximum absolute atomic E-state index is 13.7. The predicted octanol–water partition coefficient (Wildman–Crippen LogP) is 5.43. The Hall–Kier alpha value is -4.44. The summed E-state index contributed by atoms with van der Waals surface area (Å²) in [6, 6.07) is 16.3. The summed E-state index contributed by atoms with van der Waals surface area (Å²) in [7, 11) is 0. The molecule has 0 bridgehead atoms. The van der Waals surface area contributed by atoms with E-state index in [-0.39, 0.29) is 29.9 Å². The van der Waals surface area contributed by atoms with E-state index in [0.29, 0.717) is 28.9 Å². The van der Waals surface area contributed by atoms with Crippen molar-refractivity contribution >= 4 is 51.7 Å². The summed E-state index contributed by atoms with van der Waals surface area (Å²) < 4.78 is 15.8. The normalized spacial score (nSPS) is 11.1. The third kappa shape index (κ3) is 6.18. The molecule has 1 aromatic heterocycles. The number of fused-ring (bicyclic) bond motifs is 1. The maximum atomic E-state index is 13.7. The number of carbonyl (C=O) groups excluding carboxylic acids is 1. The first-order valence-electron chi connectivity index (χ1n) is 12.2. The Kier molecular flexibility index (Phi) is 8.15. The van der Waals surface area contributed by atoms with Crippen molar-refractivity contribution in [2.45, 2.75) is 32.9 Å². The first-order valence-corrected chi connectivity index (χ1v) is 12.6. The number of carbonyl (C=O) groups is 2. The molecule has 0 spiro atoms. The predicted molar refractivity (Wildman–Crippen MR) is 150 cm³/mol. The summed E-state index contributed by atoms with van der Waals surface area (Å²) >= 11 is 5.93. The van der Waals surface area contributed by atoms with E-state index in [1.54, 1.807) is 24.3 Å². The number of hydrogen-bond donors (Lipinski definition) is 4. The number of halogens is 2. The highest BCUT2D eigenvalue weighted by molar-refractivity contribution is 6.31. The van der Waals surface area contributed by atoms with Gasteiger partial charge in [0, 0.05) is 35.1 Å². The van der Waals surface area contributed by atoms with Crippen LogP contribution in [0.5, 0.6) is 0 Å². The minimum Gasteiger partial charge on any atom is -0.481 e. The summed E-state index contributed by atoms with van der Waals surface area (Å²) in [6.45, 7) is 4.37. The molecular weight excluding hydrogens is 523 g/mol. The molecule has 0 unspecified atom stereocenters. The van der Waals surface area contributed by atoms with Crippen LogP contribution in [0.3, 0.4) is 0 Å². The van der Waals surface area contributed by atoms with Gasteiger partial charge in [-0.15, -0.1) is 0 Å². The van der Waals surface area contributed by atoms with Crippen LogP contribution in [-0.4, -0.2) is 38.9 Å². The molecule has 0 radical (unpaired) electrons. The summed E-state index contributed by atoms with van der Waals surface area (Å²) in [5, 5.41) is 19.9. The first kappa shape index (κ1) is 27.6. The van der Waals surface area contributed by atoms with Gasteiger partial charge in [0.15, 0.2) is 0 Å². The number of hydrogen-bond acceptors (Lipinski definition) is 5. The lowest BCUT2D eigenvalue weighted by molar-refractivity contribution is -0.136. The molecule has 4 aromatic rings. The fraction of sp³-hybridized carbons (Fsp3) is 0.214. The van der Waals surface area contributed by atoms with Gasteiger partial charge in [0.05, 0.1) is 29.0 Å². The Morgan fingerprint density at radius 2 is 1.82 bits per heavy atom. The molecule has 9 nitrogen and oxygen atoms in total. The smallest absolute Gasteiger partial charge is 0.305 e. The molecule has 0 aliphatic carbocycles. The van der Waals surface area contributed by atoms with E-state index >= 15 is 0 Å². The molecule has 0 saturated carbocycles. The van der Waals surface area contributed by atoms with Crippen LogP contribution >= 0.6 is 11.6 Å². The number of nitrogen functional groups attached to an aromatic ring is 1. The molecule has 11 heteroatoms. The number of carboxylic acids is 1. The van der Waals surface area contributed by atoms with Crippen molar-refractivity contribution in [2.24, 2.45) is 5.73 Å². The zero-order chi connectivity index (χ0) is 28.3.